The molecule has 1 nitrogen and oxygen atoms in total. The highest BCUT2D eigenvalue weighted by Crippen LogP contribution is 2.23. The van der Waals surface area contributed by atoms with Crippen LogP contribution < -0.4 is 5.73 Å². The molecule has 0 unspecified atom stereocenters. The van der Waals surface area contributed by atoms with Gasteiger partial charge in [-0.25, -0.2) is 0 Å². The summed E-state index contributed by atoms with van der Waals surface area (Å²) in [6, 6.07) is 6.31. The third kappa shape index (κ3) is 3.99. The topological polar surface area (TPSA) is 26.0 Å². The molecule has 1 rings (SSSR count). The van der Waals surface area contributed by atoms with Gasteiger partial charge in [-0.1, -0.05) is 31.7 Å². The summed E-state index contributed by atoms with van der Waals surface area (Å²) in [5.74, 6) is 0. The first kappa shape index (κ1) is 13.3. The van der Waals surface area contributed by atoms with Crippen LogP contribution in [0.4, 0.5) is 0 Å². The predicted octanol–water partition coefficient (Wildman–Crippen LogP) is 3.32. The highest BCUT2D eigenvalue weighted by molar-refractivity contribution is 7.98. The lowest BCUT2D eigenvalue weighted by Gasteiger charge is -2.04. The van der Waals surface area contributed by atoms with Crippen molar-refractivity contribution in [2.75, 3.05) is 12.8 Å². The van der Waals surface area contributed by atoms with Crippen molar-refractivity contribution in [2.24, 2.45) is 5.73 Å². The van der Waals surface area contributed by atoms with E-state index in [1.165, 1.54) is 16.0 Å². The highest BCUT2D eigenvalue weighted by Gasteiger charge is 1.98. The monoisotopic (exact) mass is 209 g/mol. The molecule has 0 fully saturated rings. The average molecular weight is 209 g/mol. The molecule has 0 aliphatic rings. The van der Waals surface area contributed by atoms with Gasteiger partial charge in [-0.05, 0) is 36.9 Å². The summed E-state index contributed by atoms with van der Waals surface area (Å²) in [6.45, 7) is 8.55. The second-order valence-electron chi connectivity index (χ2n) is 2.80. The first-order valence-electron chi connectivity index (χ1n) is 4.67. The third-order valence-electron chi connectivity index (χ3n) is 1.71. The van der Waals surface area contributed by atoms with Crippen LogP contribution >= 0.6 is 11.8 Å². The predicted molar refractivity (Wildman–Crippen MR) is 67.8 cm³/mol. The lowest BCUT2D eigenvalue weighted by Crippen LogP contribution is -1.87. The molecule has 0 aliphatic carbocycles. The molecule has 0 saturated carbocycles. The number of rotatable bonds is 2. The van der Waals surface area contributed by atoms with Gasteiger partial charge in [-0.2, -0.15) is 0 Å². The minimum Gasteiger partial charge on any atom is -0.331 e. The molecule has 14 heavy (non-hydrogen) atoms. The maximum Gasteiger partial charge on any atom is 0.0144 e. The molecule has 1 aromatic carbocycles. The molecule has 0 saturated heterocycles. The Morgan fingerprint density at radius 3 is 2.43 bits per heavy atom. The number of hydrogen-bond donors (Lipinski definition) is 1. The van der Waals surface area contributed by atoms with Gasteiger partial charge in [0.15, 0.2) is 0 Å². The minimum atomic E-state index is 0.750. The van der Waals surface area contributed by atoms with Crippen LogP contribution in [0, 0.1) is 6.92 Å². The lowest BCUT2D eigenvalue weighted by molar-refractivity contribution is 1.14. The maximum absolute atomic E-state index is 4.85. The van der Waals surface area contributed by atoms with Gasteiger partial charge in [0.25, 0.3) is 0 Å². The molecule has 78 valence electrons. The van der Waals surface area contributed by atoms with Gasteiger partial charge in [0.05, 0.1) is 0 Å². The van der Waals surface area contributed by atoms with Crippen molar-refractivity contribution in [3.05, 3.63) is 35.9 Å². The highest BCUT2D eigenvalue weighted by atomic mass is 32.2. The molecule has 0 aromatic heterocycles. The number of aryl methyl sites for hydroxylation is 1. The quantitative estimate of drug-likeness (QED) is 0.756. The molecular formula is C12H19NS. The second-order valence-corrected chi connectivity index (χ2v) is 3.65. The van der Waals surface area contributed by atoms with Gasteiger partial charge in [-0.15, -0.1) is 11.8 Å². The zero-order valence-electron chi connectivity index (χ0n) is 9.21. The van der Waals surface area contributed by atoms with E-state index < -0.39 is 0 Å². The zero-order valence-corrected chi connectivity index (χ0v) is 10.0. The van der Waals surface area contributed by atoms with E-state index in [9.17, 15) is 0 Å². The Morgan fingerprint density at radius 1 is 1.50 bits per heavy atom. The smallest absolute Gasteiger partial charge is 0.0144 e. The fourth-order valence-corrected chi connectivity index (χ4v) is 1.77. The van der Waals surface area contributed by atoms with Gasteiger partial charge in [0.1, 0.15) is 0 Å². The summed E-state index contributed by atoms with van der Waals surface area (Å²) in [6.07, 6.45) is 4.00. The summed E-state index contributed by atoms with van der Waals surface area (Å²) in [5.41, 5.74) is 7.41. The molecule has 0 radical (unpaired) electrons. The first-order chi connectivity index (χ1) is 6.71. The van der Waals surface area contributed by atoms with Gasteiger partial charge in [-0.3, -0.25) is 0 Å². The number of hydrogen-bond acceptors (Lipinski definition) is 2. The largest absolute Gasteiger partial charge is 0.331 e. The molecule has 0 amide bonds. The summed E-state index contributed by atoms with van der Waals surface area (Å²) < 4.78 is 0. The van der Waals surface area contributed by atoms with Crippen molar-refractivity contribution < 1.29 is 0 Å². The van der Waals surface area contributed by atoms with Gasteiger partial charge in [0.2, 0.25) is 0 Å². The standard InChI is InChI=1S/C10H12S.C2H7N/c1-4-9-8(2)6-5-7-10(9)11-3;1-2-3/h4-7H,1H2,2-3H3;2-3H2,1H3. The van der Waals surface area contributed by atoms with Crippen molar-refractivity contribution in [3.63, 3.8) is 0 Å². The number of thioether (sulfide) groups is 1. The molecule has 0 spiro atoms. The molecule has 0 atom stereocenters. The Kier molecular flexibility index (Phi) is 7.25. The third-order valence-corrected chi connectivity index (χ3v) is 2.50. The van der Waals surface area contributed by atoms with Crippen molar-refractivity contribution in [3.8, 4) is 0 Å². The Labute approximate surface area is 91.4 Å². The van der Waals surface area contributed by atoms with Crippen molar-refractivity contribution >= 4 is 17.8 Å². The van der Waals surface area contributed by atoms with E-state index in [1.54, 1.807) is 11.8 Å². The number of nitrogens with two attached hydrogens (primary N) is 1. The molecule has 1 aromatic rings. The molecular weight excluding hydrogens is 190 g/mol. The van der Waals surface area contributed by atoms with E-state index in [-0.39, 0.29) is 0 Å². The Hall–Kier alpha value is -0.730. The van der Waals surface area contributed by atoms with Crippen molar-refractivity contribution in [2.45, 2.75) is 18.7 Å². The van der Waals surface area contributed by atoms with Crippen LogP contribution in [-0.4, -0.2) is 12.8 Å². The van der Waals surface area contributed by atoms with Crippen LogP contribution in [0.5, 0.6) is 0 Å². The van der Waals surface area contributed by atoms with Gasteiger partial charge >= 0.3 is 0 Å². The van der Waals surface area contributed by atoms with Crippen LogP contribution in [-0.2, 0) is 0 Å². The zero-order chi connectivity index (χ0) is 11.0. The van der Waals surface area contributed by atoms with E-state index in [4.69, 9.17) is 5.73 Å². The summed E-state index contributed by atoms with van der Waals surface area (Å²) in [7, 11) is 0. The van der Waals surface area contributed by atoms with E-state index in [0.29, 0.717) is 0 Å². The Morgan fingerprint density at radius 2 is 2.07 bits per heavy atom. The minimum absolute atomic E-state index is 0.750. The lowest BCUT2D eigenvalue weighted by atomic mass is 10.1. The molecule has 0 bridgehead atoms. The molecule has 2 N–H and O–H groups in total. The van der Waals surface area contributed by atoms with Crippen LogP contribution in [0.2, 0.25) is 0 Å². The normalized spacial score (nSPS) is 8.86. The average Bonchev–Trinajstić information content (AvgIpc) is 2.18. The second kappa shape index (κ2) is 7.65. The Bertz CT molecular complexity index is 282. The van der Waals surface area contributed by atoms with Crippen LogP contribution in [0.15, 0.2) is 29.7 Å². The van der Waals surface area contributed by atoms with E-state index >= 15 is 0 Å². The van der Waals surface area contributed by atoms with Crippen molar-refractivity contribution in [1.29, 1.82) is 0 Å². The fourth-order valence-electron chi connectivity index (χ4n) is 1.09. The van der Waals surface area contributed by atoms with Crippen LogP contribution in [0.3, 0.4) is 0 Å². The van der Waals surface area contributed by atoms with E-state index in [1.807, 2.05) is 13.0 Å². The summed E-state index contributed by atoms with van der Waals surface area (Å²) in [4.78, 5) is 1.31. The number of benzene rings is 1. The Balaban J connectivity index is 0.000000500. The molecule has 0 heterocycles. The summed E-state index contributed by atoms with van der Waals surface area (Å²) >= 11 is 1.76. The molecule has 2 heteroatoms. The van der Waals surface area contributed by atoms with Crippen LogP contribution in [0.1, 0.15) is 18.1 Å². The maximum atomic E-state index is 4.85. The first-order valence-corrected chi connectivity index (χ1v) is 5.89. The SMILES string of the molecule is C=Cc1c(C)cccc1SC.CCN. The molecule has 0 aliphatic heterocycles. The van der Waals surface area contributed by atoms with Gasteiger partial charge < -0.3 is 5.73 Å². The van der Waals surface area contributed by atoms with Crippen LogP contribution in [0.25, 0.3) is 6.08 Å². The van der Waals surface area contributed by atoms with E-state index in [0.717, 1.165) is 6.54 Å². The van der Waals surface area contributed by atoms with Gasteiger partial charge in [0, 0.05) is 4.90 Å². The summed E-state index contributed by atoms with van der Waals surface area (Å²) in [5, 5.41) is 0. The van der Waals surface area contributed by atoms with Crippen molar-refractivity contribution in [1.82, 2.24) is 0 Å². The van der Waals surface area contributed by atoms with E-state index in [2.05, 4.69) is 38.0 Å². The fraction of sp³-hybridized carbons (Fsp3) is 0.333.